The molecule has 0 saturated carbocycles. The number of carboxylic acids is 1. The fourth-order valence-electron chi connectivity index (χ4n) is 1.41. The van der Waals surface area contributed by atoms with Crippen LogP contribution in [0.2, 0.25) is 0 Å². The standard InChI is InChI=1S/C13H16FNO3S/c1-8(2)12(13(17)18)15-11(16)7-19-10-5-3-9(14)4-6-10/h3-6,8,12H,7H2,1-2H3,(H,15,16)(H,17,18)/t12-/m0/s1. The average Bonchev–Trinajstić information content (AvgIpc) is 2.34. The number of halogens is 1. The Morgan fingerprint density at radius 1 is 1.32 bits per heavy atom. The molecule has 6 heteroatoms. The minimum atomic E-state index is -1.05. The van der Waals surface area contributed by atoms with Crippen molar-refractivity contribution >= 4 is 23.6 Å². The third-order valence-corrected chi connectivity index (χ3v) is 3.44. The van der Waals surface area contributed by atoms with Crippen LogP contribution >= 0.6 is 11.8 Å². The third kappa shape index (κ3) is 5.30. The first-order chi connectivity index (χ1) is 8.90. The summed E-state index contributed by atoms with van der Waals surface area (Å²) in [5.41, 5.74) is 0. The number of amides is 1. The van der Waals surface area contributed by atoms with E-state index in [4.69, 9.17) is 5.11 Å². The predicted molar refractivity (Wildman–Crippen MR) is 71.5 cm³/mol. The van der Waals surface area contributed by atoms with E-state index in [1.165, 1.54) is 23.9 Å². The molecule has 1 aromatic carbocycles. The molecule has 104 valence electrons. The summed E-state index contributed by atoms with van der Waals surface area (Å²) < 4.78 is 12.7. The van der Waals surface area contributed by atoms with E-state index in [9.17, 15) is 14.0 Å². The van der Waals surface area contributed by atoms with E-state index in [0.717, 1.165) is 4.90 Å². The van der Waals surface area contributed by atoms with Gasteiger partial charge in [0.05, 0.1) is 5.75 Å². The molecule has 0 unspecified atom stereocenters. The van der Waals surface area contributed by atoms with Gasteiger partial charge in [-0.2, -0.15) is 0 Å². The summed E-state index contributed by atoms with van der Waals surface area (Å²) in [4.78, 5) is 23.3. The molecule has 1 aromatic rings. The third-order valence-electron chi connectivity index (χ3n) is 2.43. The number of hydrogen-bond donors (Lipinski definition) is 2. The molecule has 0 bridgehead atoms. The van der Waals surface area contributed by atoms with Crippen molar-refractivity contribution in [2.75, 3.05) is 5.75 Å². The number of benzene rings is 1. The molecule has 2 N–H and O–H groups in total. The van der Waals surface area contributed by atoms with Gasteiger partial charge in [0.2, 0.25) is 5.91 Å². The fourth-order valence-corrected chi connectivity index (χ4v) is 2.12. The van der Waals surface area contributed by atoms with Crippen molar-refractivity contribution in [3.8, 4) is 0 Å². The van der Waals surface area contributed by atoms with Crippen molar-refractivity contribution in [2.24, 2.45) is 5.92 Å². The summed E-state index contributed by atoms with van der Waals surface area (Å²) in [6.45, 7) is 3.46. The molecular formula is C13H16FNO3S. The second-order valence-electron chi connectivity index (χ2n) is 4.37. The lowest BCUT2D eigenvalue weighted by molar-refractivity contribution is -0.142. The summed E-state index contributed by atoms with van der Waals surface area (Å²) in [5.74, 6) is -1.82. The second kappa shape index (κ2) is 7.13. The number of carbonyl (C=O) groups is 2. The van der Waals surface area contributed by atoms with Gasteiger partial charge >= 0.3 is 5.97 Å². The maximum atomic E-state index is 12.7. The Labute approximate surface area is 115 Å². The average molecular weight is 285 g/mol. The second-order valence-corrected chi connectivity index (χ2v) is 5.42. The molecule has 0 aliphatic carbocycles. The van der Waals surface area contributed by atoms with E-state index in [0.29, 0.717) is 0 Å². The molecule has 4 nitrogen and oxygen atoms in total. The molecule has 0 spiro atoms. The van der Waals surface area contributed by atoms with Gasteiger partial charge in [-0.3, -0.25) is 4.79 Å². The Morgan fingerprint density at radius 3 is 2.37 bits per heavy atom. The number of rotatable bonds is 6. The highest BCUT2D eigenvalue weighted by atomic mass is 32.2. The van der Waals surface area contributed by atoms with E-state index < -0.39 is 12.0 Å². The van der Waals surface area contributed by atoms with Gasteiger partial charge in [0.15, 0.2) is 0 Å². The summed E-state index contributed by atoms with van der Waals surface area (Å²) in [5, 5.41) is 11.4. The van der Waals surface area contributed by atoms with E-state index in [1.807, 2.05) is 0 Å². The Kier molecular flexibility index (Phi) is 5.82. The summed E-state index contributed by atoms with van der Waals surface area (Å²) in [6.07, 6.45) is 0. The predicted octanol–water partition coefficient (Wildman–Crippen LogP) is 2.14. The van der Waals surface area contributed by atoms with Gasteiger partial charge in [0.25, 0.3) is 0 Å². The number of hydrogen-bond acceptors (Lipinski definition) is 3. The monoisotopic (exact) mass is 285 g/mol. The van der Waals surface area contributed by atoms with Crippen LogP contribution in [0, 0.1) is 11.7 Å². The van der Waals surface area contributed by atoms with Crippen LogP contribution in [0.4, 0.5) is 4.39 Å². The maximum Gasteiger partial charge on any atom is 0.326 e. The van der Waals surface area contributed by atoms with Gasteiger partial charge in [-0.1, -0.05) is 13.8 Å². The molecular weight excluding hydrogens is 269 g/mol. The normalized spacial score (nSPS) is 12.2. The first kappa shape index (κ1) is 15.5. The largest absolute Gasteiger partial charge is 0.480 e. The van der Waals surface area contributed by atoms with Crippen LogP contribution in [0.3, 0.4) is 0 Å². The van der Waals surface area contributed by atoms with Gasteiger partial charge in [-0.15, -0.1) is 11.8 Å². The molecule has 1 amide bonds. The van der Waals surface area contributed by atoms with Gasteiger partial charge in [-0.05, 0) is 30.2 Å². The molecule has 1 atom stereocenters. The molecule has 0 fully saturated rings. The molecule has 0 aromatic heterocycles. The van der Waals surface area contributed by atoms with Crippen LogP contribution in [-0.2, 0) is 9.59 Å². The lowest BCUT2D eigenvalue weighted by Crippen LogP contribution is -2.45. The number of carboxylic acid groups (broad SMARTS) is 1. The molecule has 0 aliphatic rings. The Morgan fingerprint density at radius 2 is 1.89 bits per heavy atom. The first-order valence-corrected chi connectivity index (χ1v) is 6.79. The molecule has 0 radical (unpaired) electrons. The van der Waals surface area contributed by atoms with E-state index >= 15 is 0 Å². The summed E-state index contributed by atoms with van der Waals surface area (Å²) in [7, 11) is 0. The van der Waals surface area contributed by atoms with Gasteiger partial charge in [0, 0.05) is 4.90 Å². The number of aliphatic carboxylic acids is 1. The zero-order chi connectivity index (χ0) is 14.4. The number of carbonyl (C=O) groups excluding carboxylic acids is 1. The van der Waals surface area contributed by atoms with Crippen molar-refractivity contribution in [1.29, 1.82) is 0 Å². The molecule has 0 aliphatic heterocycles. The Bertz CT molecular complexity index is 448. The molecule has 1 rings (SSSR count). The topological polar surface area (TPSA) is 66.4 Å². The van der Waals surface area contributed by atoms with Gasteiger partial charge in [-0.25, -0.2) is 9.18 Å². The molecule has 19 heavy (non-hydrogen) atoms. The van der Waals surface area contributed by atoms with Crippen LogP contribution in [0.1, 0.15) is 13.8 Å². The zero-order valence-electron chi connectivity index (χ0n) is 10.7. The van der Waals surface area contributed by atoms with Crippen molar-refractivity contribution in [2.45, 2.75) is 24.8 Å². The van der Waals surface area contributed by atoms with Crippen molar-refractivity contribution in [3.05, 3.63) is 30.1 Å². The van der Waals surface area contributed by atoms with E-state index in [1.54, 1.807) is 26.0 Å². The van der Waals surface area contributed by atoms with Crippen LogP contribution in [0.5, 0.6) is 0 Å². The highest BCUT2D eigenvalue weighted by molar-refractivity contribution is 8.00. The fraction of sp³-hybridized carbons (Fsp3) is 0.385. The van der Waals surface area contributed by atoms with Crippen molar-refractivity contribution in [1.82, 2.24) is 5.32 Å². The van der Waals surface area contributed by atoms with Gasteiger partial charge in [0.1, 0.15) is 11.9 Å². The Hall–Kier alpha value is -1.56. The van der Waals surface area contributed by atoms with Crippen LogP contribution in [-0.4, -0.2) is 28.8 Å². The first-order valence-electron chi connectivity index (χ1n) is 5.80. The van der Waals surface area contributed by atoms with Crippen molar-refractivity contribution < 1.29 is 19.1 Å². The molecule has 0 saturated heterocycles. The minimum absolute atomic E-state index is 0.0993. The quantitative estimate of drug-likeness (QED) is 0.786. The van der Waals surface area contributed by atoms with Crippen LogP contribution < -0.4 is 5.32 Å². The van der Waals surface area contributed by atoms with Crippen LogP contribution in [0.15, 0.2) is 29.2 Å². The lowest BCUT2D eigenvalue weighted by Gasteiger charge is -2.17. The maximum absolute atomic E-state index is 12.7. The van der Waals surface area contributed by atoms with Crippen molar-refractivity contribution in [3.63, 3.8) is 0 Å². The Balaban J connectivity index is 2.47. The minimum Gasteiger partial charge on any atom is -0.480 e. The number of thioether (sulfide) groups is 1. The highest BCUT2D eigenvalue weighted by Gasteiger charge is 2.23. The summed E-state index contributed by atoms with van der Waals surface area (Å²) in [6, 6.07) is 4.89. The van der Waals surface area contributed by atoms with Crippen LogP contribution in [0.25, 0.3) is 0 Å². The van der Waals surface area contributed by atoms with E-state index in [-0.39, 0.29) is 23.4 Å². The SMILES string of the molecule is CC(C)[C@H](NC(=O)CSc1ccc(F)cc1)C(=O)O. The smallest absolute Gasteiger partial charge is 0.326 e. The lowest BCUT2D eigenvalue weighted by atomic mass is 10.1. The number of nitrogens with one attached hydrogen (secondary N) is 1. The summed E-state index contributed by atoms with van der Waals surface area (Å²) >= 11 is 1.23. The van der Waals surface area contributed by atoms with E-state index in [2.05, 4.69) is 5.32 Å². The van der Waals surface area contributed by atoms with Gasteiger partial charge < -0.3 is 10.4 Å². The zero-order valence-corrected chi connectivity index (χ0v) is 11.5. The highest BCUT2D eigenvalue weighted by Crippen LogP contribution is 2.17. The molecule has 0 heterocycles.